The van der Waals surface area contributed by atoms with Gasteiger partial charge in [-0.3, -0.25) is 4.79 Å². The Morgan fingerprint density at radius 2 is 1.81 bits per heavy atom. The molecular formula is C23H32N2O. The Kier molecular flexibility index (Phi) is 9.52. The Labute approximate surface area is 158 Å². The standard InChI is InChI=1S/C13H19N.C10H13NO/c1-3-7-13(8-4-1)9-12-14-10-5-2-6-11-14;1-2-10(12)11-9-7-5-3-4-6-8-9/h1,3-4,7-8H,2,5-6,9-12H2;3-7H,2,8H2,1H3,(H,11,12). The zero-order valence-corrected chi connectivity index (χ0v) is 16.0. The van der Waals surface area contributed by atoms with Crippen molar-refractivity contribution in [2.24, 2.45) is 0 Å². The zero-order chi connectivity index (χ0) is 18.5. The third-order valence-corrected chi connectivity index (χ3v) is 4.62. The third kappa shape index (κ3) is 8.30. The van der Waals surface area contributed by atoms with Crippen LogP contribution in [0.4, 0.5) is 0 Å². The molecule has 3 heteroatoms. The number of carbonyl (C=O) groups is 1. The van der Waals surface area contributed by atoms with Crippen LogP contribution in [0.5, 0.6) is 0 Å². The van der Waals surface area contributed by atoms with Gasteiger partial charge < -0.3 is 10.2 Å². The summed E-state index contributed by atoms with van der Waals surface area (Å²) >= 11 is 0. The average Bonchev–Trinajstić information content (AvgIpc) is 2.97. The first kappa shape index (κ1) is 20.2. The van der Waals surface area contributed by atoms with Crippen LogP contribution in [0.3, 0.4) is 0 Å². The van der Waals surface area contributed by atoms with E-state index in [1.807, 2.05) is 37.3 Å². The van der Waals surface area contributed by atoms with Gasteiger partial charge >= 0.3 is 0 Å². The van der Waals surface area contributed by atoms with Crippen molar-refractivity contribution in [3.05, 3.63) is 72.0 Å². The Balaban J connectivity index is 0.000000190. The van der Waals surface area contributed by atoms with E-state index in [9.17, 15) is 4.79 Å². The lowest BCUT2D eigenvalue weighted by Gasteiger charge is -2.26. The molecule has 1 aromatic carbocycles. The molecule has 1 amide bonds. The molecule has 0 radical (unpaired) electrons. The van der Waals surface area contributed by atoms with E-state index in [-0.39, 0.29) is 5.91 Å². The Hall–Kier alpha value is -2.13. The Morgan fingerprint density at radius 1 is 1.04 bits per heavy atom. The van der Waals surface area contributed by atoms with Crippen LogP contribution in [-0.2, 0) is 11.2 Å². The first-order valence-corrected chi connectivity index (χ1v) is 9.86. The van der Waals surface area contributed by atoms with Gasteiger partial charge in [-0.15, -0.1) is 0 Å². The molecule has 3 rings (SSSR count). The molecule has 1 aliphatic heterocycles. The van der Waals surface area contributed by atoms with Crippen LogP contribution in [0.25, 0.3) is 0 Å². The summed E-state index contributed by atoms with van der Waals surface area (Å²) in [6, 6.07) is 10.8. The van der Waals surface area contributed by atoms with Crippen LogP contribution >= 0.6 is 0 Å². The maximum atomic E-state index is 11.0. The highest BCUT2D eigenvalue weighted by molar-refractivity contribution is 5.77. The number of nitrogens with zero attached hydrogens (tertiary/aromatic N) is 1. The van der Waals surface area contributed by atoms with E-state index in [0.717, 1.165) is 12.1 Å². The predicted molar refractivity (Wildman–Crippen MR) is 110 cm³/mol. The molecule has 0 spiro atoms. The van der Waals surface area contributed by atoms with Gasteiger partial charge in [0.25, 0.3) is 0 Å². The lowest BCUT2D eigenvalue weighted by Crippen LogP contribution is -2.31. The summed E-state index contributed by atoms with van der Waals surface area (Å²) < 4.78 is 0. The van der Waals surface area contributed by atoms with Crippen LogP contribution in [0.1, 0.15) is 44.6 Å². The number of nitrogens with one attached hydrogen (secondary N) is 1. The van der Waals surface area contributed by atoms with E-state index in [1.165, 1.54) is 50.9 Å². The number of carbonyl (C=O) groups excluding carboxylic acids is 1. The molecule has 1 aliphatic carbocycles. The minimum absolute atomic E-state index is 0.0740. The van der Waals surface area contributed by atoms with Gasteiger partial charge in [-0.1, -0.05) is 68.0 Å². The zero-order valence-electron chi connectivity index (χ0n) is 16.0. The number of benzene rings is 1. The summed E-state index contributed by atoms with van der Waals surface area (Å²) in [6.07, 6.45) is 16.6. The summed E-state index contributed by atoms with van der Waals surface area (Å²) in [5, 5.41) is 2.83. The van der Waals surface area contributed by atoms with Crippen molar-refractivity contribution < 1.29 is 4.79 Å². The van der Waals surface area contributed by atoms with Crippen molar-refractivity contribution in [3.8, 4) is 0 Å². The van der Waals surface area contributed by atoms with Gasteiger partial charge in [0, 0.05) is 25.1 Å². The van der Waals surface area contributed by atoms with E-state index in [1.54, 1.807) is 0 Å². The highest BCUT2D eigenvalue weighted by Crippen LogP contribution is 2.09. The van der Waals surface area contributed by atoms with Gasteiger partial charge in [0.05, 0.1) is 0 Å². The van der Waals surface area contributed by atoms with Gasteiger partial charge in [-0.05, 0) is 44.0 Å². The normalized spacial score (nSPS) is 16.9. The summed E-state index contributed by atoms with van der Waals surface area (Å²) in [7, 11) is 0. The largest absolute Gasteiger partial charge is 0.329 e. The quantitative estimate of drug-likeness (QED) is 0.838. The molecule has 1 saturated heterocycles. The van der Waals surface area contributed by atoms with E-state index < -0.39 is 0 Å². The molecule has 1 aromatic rings. The molecule has 0 bridgehead atoms. The van der Waals surface area contributed by atoms with Crippen LogP contribution in [0.15, 0.2) is 66.4 Å². The van der Waals surface area contributed by atoms with Gasteiger partial charge in [0.15, 0.2) is 0 Å². The fraction of sp³-hybridized carbons (Fsp3) is 0.435. The highest BCUT2D eigenvalue weighted by atomic mass is 16.1. The first-order valence-electron chi connectivity index (χ1n) is 9.86. The lowest BCUT2D eigenvalue weighted by atomic mass is 10.1. The number of hydrogen-bond acceptors (Lipinski definition) is 2. The number of rotatable bonds is 5. The molecule has 2 aliphatic rings. The molecule has 0 saturated carbocycles. The second-order valence-corrected chi connectivity index (χ2v) is 6.75. The van der Waals surface area contributed by atoms with E-state index in [0.29, 0.717) is 6.42 Å². The van der Waals surface area contributed by atoms with Crippen LogP contribution in [0, 0.1) is 0 Å². The molecule has 3 nitrogen and oxygen atoms in total. The Morgan fingerprint density at radius 3 is 2.54 bits per heavy atom. The predicted octanol–water partition coefficient (Wildman–Crippen LogP) is 4.63. The summed E-state index contributed by atoms with van der Waals surface area (Å²) in [5.74, 6) is 0.0740. The number of piperidine rings is 1. The SMILES string of the molecule is CCC(=O)NC1=CC=CC=CC1.c1ccc(CCN2CCCCC2)cc1. The molecule has 26 heavy (non-hydrogen) atoms. The molecule has 140 valence electrons. The van der Waals surface area contributed by atoms with Crippen LogP contribution in [-0.4, -0.2) is 30.4 Å². The first-order chi connectivity index (χ1) is 12.8. The Bertz CT molecular complexity index is 610. The molecule has 0 aromatic heterocycles. The van der Waals surface area contributed by atoms with Gasteiger partial charge in [0.1, 0.15) is 0 Å². The minimum atomic E-state index is 0.0740. The summed E-state index contributed by atoms with van der Waals surface area (Å²) in [5.41, 5.74) is 2.44. The number of amides is 1. The van der Waals surface area contributed by atoms with Crippen molar-refractivity contribution in [2.45, 2.75) is 45.4 Å². The smallest absolute Gasteiger partial charge is 0.223 e. The summed E-state index contributed by atoms with van der Waals surface area (Å²) in [6.45, 7) is 5.71. The summed E-state index contributed by atoms with van der Waals surface area (Å²) in [4.78, 5) is 13.6. The van der Waals surface area contributed by atoms with Crippen molar-refractivity contribution in [1.29, 1.82) is 0 Å². The van der Waals surface area contributed by atoms with Crippen molar-refractivity contribution >= 4 is 5.91 Å². The third-order valence-electron chi connectivity index (χ3n) is 4.62. The molecular weight excluding hydrogens is 320 g/mol. The van der Waals surface area contributed by atoms with Crippen molar-refractivity contribution in [2.75, 3.05) is 19.6 Å². The van der Waals surface area contributed by atoms with Gasteiger partial charge in [-0.25, -0.2) is 0 Å². The monoisotopic (exact) mass is 352 g/mol. The van der Waals surface area contributed by atoms with Crippen LogP contribution < -0.4 is 5.32 Å². The second-order valence-electron chi connectivity index (χ2n) is 6.75. The molecule has 0 unspecified atom stereocenters. The van der Waals surface area contributed by atoms with Crippen molar-refractivity contribution in [3.63, 3.8) is 0 Å². The number of likely N-dealkylation sites (tertiary alicyclic amines) is 1. The van der Waals surface area contributed by atoms with E-state index in [4.69, 9.17) is 0 Å². The van der Waals surface area contributed by atoms with E-state index in [2.05, 4.69) is 40.5 Å². The fourth-order valence-electron chi connectivity index (χ4n) is 3.05. The molecule has 1 fully saturated rings. The maximum absolute atomic E-state index is 11.0. The topological polar surface area (TPSA) is 32.3 Å². The number of hydrogen-bond donors (Lipinski definition) is 1. The van der Waals surface area contributed by atoms with Crippen molar-refractivity contribution in [1.82, 2.24) is 10.2 Å². The molecule has 1 heterocycles. The average molecular weight is 353 g/mol. The van der Waals surface area contributed by atoms with Crippen LogP contribution in [0.2, 0.25) is 0 Å². The second kappa shape index (κ2) is 12.3. The molecule has 0 atom stereocenters. The van der Waals surface area contributed by atoms with Gasteiger partial charge in [-0.2, -0.15) is 0 Å². The number of allylic oxidation sites excluding steroid dienone is 5. The fourth-order valence-corrected chi connectivity index (χ4v) is 3.05. The van der Waals surface area contributed by atoms with Gasteiger partial charge in [0.2, 0.25) is 5.91 Å². The maximum Gasteiger partial charge on any atom is 0.223 e. The minimum Gasteiger partial charge on any atom is -0.329 e. The highest BCUT2D eigenvalue weighted by Gasteiger charge is 2.08. The lowest BCUT2D eigenvalue weighted by molar-refractivity contribution is -0.120. The molecule has 1 N–H and O–H groups in total. The van der Waals surface area contributed by atoms with E-state index >= 15 is 0 Å².